The molecule has 3 rings (SSSR count). The third-order valence-electron chi connectivity index (χ3n) is 3.01. The third-order valence-corrected chi connectivity index (χ3v) is 3.01. The summed E-state index contributed by atoms with van der Waals surface area (Å²) in [7, 11) is 1.70. The molecule has 0 radical (unpaired) electrons. The van der Waals surface area contributed by atoms with E-state index in [0.29, 0.717) is 41.8 Å². The van der Waals surface area contributed by atoms with E-state index in [0.717, 1.165) is 0 Å². The van der Waals surface area contributed by atoms with Crippen LogP contribution in [0.25, 0.3) is 0 Å². The Bertz CT molecular complexity index is 646. The first-order valence-electron chi connectivity index (χ1n) is 6.14. The highest BCUT2D eigenvalue weighted by Gasteiger charge is 2.21. The minimum absolute atomic E-state index is 0.317. The minimum Gasteiger partial charge on any atom is -0.486 e. The molecular formula is C13H14N4O3. The van der Waals surface area contributed by atoms with Crippen molar-refractivity contribution in [2.75, 3.05) is 24.3 Å². The predicted molar refractivity (Wildman–Crippen MR) is 73.0 cm³/mol. The van der Waals surface area contributed by atoms with Crippen LogP contribution in [0, 0.1) is 0 Å². The molecule has 1 aliphatic rings. The molecule has 2 aromatic rings. The van der Waals surface area contributed by atoms with Gasteiger partial charge in [0.15, 0.2) is 17.3 Å². The number of rotatable bonds is 2. The molecule has 7 heteroatoms. The zero-order valence-electron chi connectivity index (χ0n) is 10.9. The highest BCUT2D eigenvalue weighted by molar-refractivity contribution is 6.07. The topological polar surface area (TPSA) is 91.4 Å². The molecular weight excluding hydrogens is 260 g/mol. The number of carbonyl (C=O) groups excluding carboxylic acids is 1. The van der Waals surface area contributed by atoms with Gasteiger partial charge >= 0.3 is 0 Å². The zero-order valence-corrected chi connectivity index (χ0v) is 10.9. The summed E-state index contributed by atoms with van der Waals surface area (Å²) < 4.78 is 12.5. The molecule has 0 spiro atoms. The fourth-order valence-corrected chi connectivity index (χ4v) is 2.03. The number of anilines is 2. The molecule has 0 aliphatic carbocycles. The average Bonchev–Trinajstić information content (AvgIpc) is 2.78. The van der Waals surface area contributed by atoms with Gasteiger partial charge in [-0.05, 0) is 12.1 Å². The Morgan fingerprint density at radius 1 is 1.40 bits per heavy atom. The molecule has 0 saturated carbocycles. The van der Waals surface area contributed by atoms with Crippen molar-refractivity contribution < 1.29 is 14.3 Å². The monoisotopic (exact) mass is 274 g/mol. The van der Waals surface area contributed by atoms with Crippen molar-refractivity contribution in [3.8, 4) is 11.5 Å². The maximum absolute atomic E-state index is 12.3. The molecule has 3 N–H and O–H groups in total. The molecule has 7 nitrogen and oxygen atoms in total. The van der Waals surface area contributed by atoms with Gasteiger partial charge in [-0.1, -0.05) is 6.07 Å². The van der Waals surface area contributed by atoms with Crippen LogP contribution in [0.2, 0.25) is 0 Å². The van der Waals surface area contributed by atoms with Gasteiger partial charge < -0.3 is 20.5 Å². The first-order valence-corrected chi connectivity index (χ1v) is 6.14. The number of nitrogens with two attached hydrogens (primary N) is 1. The van der Waals surface area contributed by atoms with Crippen molar-refractivity contribution in [2.45, 2.75) is 0 Å². The Balaban J connectivity index is 1.92. The van der Waals surface area contributed by atoms with Crippen molar-refractivity contribution in [1.82, 2.24) is 9.78 Å². The summed E-state index contributed by atoms with van der Waals surface area (Å²) >= 11 is 0. The predicted octanol–water partition coefficient (Wildman–Crippen LogP) is 1.03. The van der Waals surface area contributed by atoms with E-state index in [1.165, 1.54) is 10.9 Å². The molecule has 20 heavy (non-hydrogen) atoms. The van der Waals surface area contributed by atoms with Gasteiger partial charge in [0.25, 0.3) is 5.91 Å². The third kappa shape index (κ3) is 2.03. The maximum Gasteiger partial charge on any atom is 0.260 e. The van der Waals surface area contributed by atoms with Crippen LogP contribution in [-0.4, -0.2) is 28.9 Å². The minimum atomic E-state index is -0.317. The Morgan fingerprint density at radius 3 is 2.95 bits per heavy atom. The summed E-state index contributed by atoms with van der Waals surface area (Å²) in [6.07, 6.45) is 1.48. The number of hydrogen-bond donors (Lipinski definition) is 2. The van der Waals surface area contributed by atoms with E-state index in [1.54, 1.807) is 25.2 Å². The number of ether oxygens (including phenoxy) is 2. The molecule has 0 atom stereocenters. The summed E-state index contributed by atoms with van der Waals surface area (Å²) in [6, 6.07) is 5.19. The molecule has 0 saturated heterocycles. The summed E-state index contributed by atoms with van der Waals surface area (Å²) in [5.74, 6) is 1.16. The highest BCUT2D eigenvalue weighted by Crippen LogP contribution is 2.34. The number of fused-ring (bicyclic) bond motifs is 1. The van der Waals surface area contributed by atoms with E-state index in [2.05, 4.69) is 10.4 Å². The number of amides is 1. The number of nitrogen functional groups attached to an aromatic ring is 1. The van der Waals surface area contributed by atoms with Crippen LogP contribution in [0.4, 0.5) is 11.5 Å². The summed E-state index contributed by atoms with van der Waals surface area (Å²) in [4.78, 5) is 12.3. The maximum atomic E-state index is 12.3. The first kappa shape index (κ1) is 12.3. The van der Waals surface area contributed by atoms with Crippen LogP contribution < -0.4 is 20.5 Å². The van der Waals surface area contributed by atoms with Crippen LogP contribution in [0.5, 0.6) is 11.5 Å². The fraction of sp³-hybridized carbons (Fsp3) is 0.231. The lowest BCUT2D eigenvalue weighted by Crippen LogP contribution is -2.21. The standard InChI is InChI=1S/C13H14N4O3/c1-17-12(9(14)7-15-17)16-13(18)8-3-2-4-10-11(8)20-6-5-19-10/h2-4,7H,5-6,14H2,1H3,(H,16,18). The van der Waals surface area contributed by atoms with E-state index < -0.39 is 0 Å². The molecule has 0 bridgehead atoms. The van der Waals surface area contributed by atoms with Gasteiger partial charge in [-0.15, -0.1) is 0 Å². The highest BCUT2D eigenvalue weighted by atomic mass is 16.6. The zero-order chi connectivity index (χ0) is 14.1. The second-order valence-corrected chi connectivity index (χ2v) is 4.36. The molecule has 104 valence electrons. The van der Waals surface area contributed by atoms with E-state index in [1.807, 2.05) is 0 Å². The van der Waals surface area contributed by atoms with Crippen molar-refractivity contribution in [3.05, 3.63) is 30.0 Å². The number of aryl methyl sites for hydroxylation is 1. The lowest BCUT2D eigenvalue weighted by Gasteiger charge is -2.20. The number of benzene rings is 1. The number of nitrogens with one attached hydrogen (secondary N) is 1. The number of nitrogens with zero attached hydrogens (tertiary/aromatic N) is 2. The van der Waals surface area contributed by atoms with E-state index in [-0.39, 0.29) is 5.91 Å². The lowest BCUT2D eigenvalue weighted by atomic mass is 10.1. The normalized spacial score (nSPS) is 13.1. The number of aromatic nitrogens is 2. The Kier molecular flexibility index (Phi) is 2.94. The second kappa shape index (κ2) is 4.76. The van der Waals surface area contributed by atoms with Crippen LogP contribution in [0.15, 0.2) is 24.4 Å². The molecule has 1 amide bonds. The van der Waals surface area contributed by atoms with Gasteiger partial charge in [0.2, 0.25) is 0 Å². The molecule has 1 aromatic carbocycles. The SMILES string of the molecule is Cn1ncc(N)c1NC(=O)c1cccc2c1OCCO2. The largest absolute Gasteiger partial charge is 0.486 e. The van der Waals surface area contributed by atoms with Crippen LogP contribution in [-0.2, 0) is 7.05 Å². The van der Waals surface area contributed by atoms with Crippen molar-refractivity contribution >= 4 is 17.4 Å². The van der Waals surface area contributed by atoms with Crippen molar-refractivity contribution in [1.29, 1.82) is 0 Å². The summed E-state index contributed by atoms with van der Waals surface area (Å²) in [5.41, 5.74) is 6.56. The van der Waals surface area contributed by atoms with Gasteiger partial charge in [0, 0.05) is 7.05 Å². The molecule has 2 heterocycles. The quantitative estimate of drug-likeness (QED) is 0.853. The Labute approximate surface area is 115 Å². The summed E-state index contributed by atoms with van der Waals surface area (Å²) in [5, 5.41) is 6.70. The first-order chi connectivity index (χ1) is 9.66. The van der Waals surface area contributed by atoms with Crippen LogP contribution >= 0.6 is 0 Å². The molecule has 0 unspecified atom stereocenters. The van der Waals surface area contributed by atoms with Gasteiger partial charge in [-0.3, -0.25) is 9.48 Å². The Morgan fingerprint density at radius 2 is 2.20 bits per heavy atom. The smallest absolute Gasteiger partial charge is 0.260 e. The van der Waals surface area contributed by atoms with Crippen LogP contribution in [0.3, 0.4) is 0 Å². The fourth-order valence-electron chi connectivity index (χ4n) is 2.03. The number of carbonyl (C=O) groups is 1. The van der Waals surface area contributed by atoms with E-state index >= 15 is 0 Å². The molecule has 1 aliphatic heterocycles. The summed E-state index contributed by atoms with van der Waals surface area (Å²) in [6.45, 7) is 0.901. The molecule has 0 fully saturated rings. The van der Waals surface area contributed by atoms with Crippen molar-refractivity contribution in [3.63, 3.8) is 0 Å². The average molecular weight is 274 g/mol. The van der Waals surface area contributed by atoms with E-state index in [9.17, 15) is 4.79 Å². The lowest BCUT2D eigenvalue weighted by molar-refractivity contribution is 0.101. The number of hydrogen-bond acceptors (Lipinski definition) is 5. The van der Waals surface area contributed by atoms with Gasteiger partial charge in [-0.25, -0.2) is 0 Å². The van der Waals surface area contributed by atoms with Gasteiger partial charge in [0.05, 0.1) is 17.4 Å². The second-order valence-electron chi connectivity index (χ2n) is 4.36. The molecule has 1 aromatic heterocycles. The Hall–Kier alpha value is -2.70. The van der Waals surface area contributed by atoms with Gasteiger partial charge in [0.1, 0.15) is 13.2 Å². The van der Waals surface area contributed by atoms with Crippen molar-refractivity contribution in [2.24, 2.45) is 7.05 Å². The van der Waals surface area contributed by atoms with Gasteiger partial charge in [-0.2, -0.15) is 5.10 Å². The van der Waals surface area contributed by atoms with Crippen LogP contribution in [0.1, 0.15) is 10.4 Å². The number of para-hydroxylation sites is 1. The van der Waals surface area contributed by atoms with E-state index in [4.69, 9.17) is 15.2 Å².